The summed E-state index contributed by atoms with van der Waals surface area (Å²) in [6.45, 7) is 2.43. The molecule has 214 valence electrons. The number of methoxy groups -OCH3 is 1. The van der Waals surface area contributed by atoms with Crippen LogP contribution in [0, 0.1) is 10.8 Å². The van der Waals surface area contributed by atoms with Gasteiger partial charge in [0.05, 0.1) is 33.5 Å². The van der Waals surface area contributed by atoms with E-state index in [0.717, 1.165) is 11.1 Å². The molecule has 0 aliphatic carbocycles. The van der Waals surface area contributed by atoms with E-state index in [-0.39, 0.29) is 19.8 Å². The van der Waals surface area contributed by atoms with Gasteiger partial charge in [-0.05, 0) is 41.8 Å². The van der Waals surface area contributed by atoms with Gasteiger partial charge in [-0.25, -0.2) is 0 Å². The van der Waals surface area contributed by atoms with Crippen molar-refractivity contribution in [3.05, 3.63) is 77.4 Å². The van der Waals surface area contributed by atoms with E-state index in [9.17, 15) is 0 Å². The van der Waals surface area contributed by atoms with Gasteiger partial charge in [-0.15, -0.1) is 0 Å². The maximum atomic E-state index is 8.10. The lowest BCUT2D eigenvalue weighted by molar-refractivity contribution is -0.0156. The first-order chi connectivity index (χ1) is 18.3. The fourth-order valence-corrected chi connectivity index (χ4v) is 3.35. The van der Waals surface area contributed by atoms with E-state index < -0.39 is 31.6 Å². The summed E-state index contributed by atoms with van der Waals surface area (Å²) >= 11 is 35.1. The van der Waals surface area contributed by atoms with E-state index in [2.05, 4.69) is 0 Å². The number of ether oxygens (including phenoxy) is 5. The Balaban J connectivity index is 2.22. The first-order valence-electron chi connectivity index (χ1n) is 11.4. The zero-order valence-electron chi connectivity index (χ0n) is 21.1. The molecule has 2 aromatic carbocycles. The van der Waals surface area contributed by atoms with Gasteiger partial charge in [0.15, 0.2) is 12.2 Å². The Bertz CT molecular complexity index is 1090. The van der Waals surface area contributed by atoms with Gasteiger partial charge < -0.3 is 23.7 Å². The molecule has 0 aliphatic heterocycles. The van der Waals surface area contributed by atoms with E-state index in [1.165, 1.54) is 0 Å². The van der Waals surface area contributed by atoms with Gasteiger partial charge in [0.25, 0.3) is 7.59 Å². The molecule has 2 aromatic rings. The Morgan fingerprint density at radius 3 is 1.90 bits per heavy atom. The molecule has 0 saturated heterocycles. The molecule has 0 bridgehead atoms. The van der Waals surface area contributed by atoms with Crippen LogP contribution in [0.1, 0.15) is 18.1 Å². The van der Waals surface area contributed by atoms with Crippen LogP contribution in [0.15, 0.2) is 66.2 Å². The second-order valence-corrected chi connectivity index (χ2v) is 12.8. The van der Waals surface area contributed by atoms with Crippen molar-refractivity contribution in [2.75, 3.05) is 20.3 Å². The average Bonchev–Trinajstić information content (AvgIpc) is 2.87. The molecular weight excluding hydrogens is 633 g/mol. The molecule has 0 amide bonds. The third-order valence-electron chi connectivity index (χ3n) is 5.00. The molecule has 0 heterocycles. The van der Waals surface area contributed by atoms with Gasteiger partial charge in [0, 0.05) is 0 Å². The minimum Gasteiger partial charge on any atom is -0.497 e. The van der Waals surface area contributed by atoms with Crippen molar-refractivity contribution in [3.63, 3.8) is 0 Å². The Morgan fingerprint density at radius 1 is 0.795 bits per heavy atom. The first-order valence-corrected chi connectivity index (χ1v) is 13.7. The lowest BCUT2D eigenvalue weighted by atomic mass is 10.1. The Labute approximate surface area is 258 Å². The lowest BCUT2D eigenvalue weighted by Crippen LogP contribution is -2.41. The largest absolute Gasteiger partial charge is 0.497 e. The normalized spacial score (nSPS) is 13.9. The minimum atomic E-state index is -2.15. The number of nitrogens with one attached hydrogen (secondary N) is 2. The van der Waals surface area contributed by atoms with Crippen LogP contribution in [0.4, 0.5) is 0 Å². The second kappa shape index (κ2) is 16.1. The predicted octanol–water partition coefficient (Wildman–Crippen LogP) is 7.84. The van der Waals surface area contributed by atoms with E-state index in [1.54, 1.807) is 32.2 Å². The van der Waals surface area contributed by atoms with Crippen LogP contribution in [0.25, 0.3) is 0 Å². The topological polar surface area (TPSA) is 93.9 Å². The van der Waals surface area contributed by atoms with Crippen molar-refractivity contribution >= 4 is 81.4 Å². The first kappa shape index (κ1) is 33.8. The summed E-state index contributed by atoms with van der Waals surface area (Å²) in [6, 6.07) is 16.9. The summed E-state index contributed by atoms with van der Waals surface area (Å²) in [7, 11) is 1.57. The quantitative estimate of drug-likeness (QED) is 0.0988. The van der Waals surface area contributed by atoms with Crippen molar-refractivity contribution < 1.29 is 23.7 Å². The van der Waals surface area contributed by atoms with E-state index >= 15 is 0 Å². The molecule has 0 unspecified atom stereocenters. The Hall–Kier alpha value is -1.42. The number of benzene rings is 2. The summed E-state index contributed by atoms with van der Waals surface area (Å²) in [5.74, 6) is -0.647. The molecule has 2 rings (SSSR count). The molecule has 0 fully saturated rings. The van der Waals surface area contributed by atoms with Gasteiger partial charge in [-0.2, -0.15) is 0 Å². The van der Waals surface area contributed by atoms with Gasteiger partial charge in [-0.3, -0.25) is 10.8 Å². The zero-order chi connectivity index (χ0) is 29.1. The average molecular weight is 661 g/mol. The molecule has 2 N–H and O–H groups in total. The van der Waals surface area contributed by atoms with Crippen LogP contribution in [0.5, 0.6) is 5.75 Å². The van der Waals surface area contributed by atoms with Crippen LogP contribution in [-0.2, 0) is 32.2 Å². The van der Waals surface area contributed by atoms with Crippen LogP contribution in [0.3, 0.4) is 0 Å². The second-order valence-electron chi connectivity index (χ2n) is 8.25. The molecule has 2 atom stereocenters. The van der Waals surface area contributed by atoms with Gasteiger partial charge >= 0.3 is 0 Å². The van der Waals surface area contributed by atoms with Crippen molar-refractivity contribution in [1.29, 1.82) is 10.8 Å². The van der Waals surface area contributed by atoms with Crippen molar-refractivity contribution in [2.24, 2.45) is 0 Å². The van der Waals surface area contributed by atoms with E-state index in [4.69, 9.17) is 104 Å². The fourth-order valence-electron chi connectivity index (χ4n) is 3.08. The smallest absolute Gasteiger partial charge is 0.265 e. The highest BCUT2D eigenvalue weighted by molar-refractivity contribution is 6.76. The number of rotatable bonds is 13. The fraction of sp³-hybridized carbons (Fsp3) is 0.385. The van der Waals surface area contributed by atoms with E-state index in [0.29, 0.717) is 17.9 Å². The molecule has 0 aliphatic rings. The van der Waals surface area contributed by atoms with Crippen LogP contribution in [0.2, 0.25) is 0 Å². The minimum absolute atomic E-state index is 0.137. The molecule has 0 spiro atoms. The molecule has 0 radical (unpaired) electrons. The van der Waals surface area contributed by atoms with Gasteiger partial charge in [0.2, 0.25) is 11.8 Å². The third kappa shape index (κ3) is 12.7. The summed E-state index contributed by atoms with van der Waals surface area (Å²) in [4.78, 5) is 0. The molecule has 7 nitrogen and oxygen atoms in total. The van der Waals surface area contributed by atoms with E-state index in [1.807, 2.05) is 42.5 Å². The molecule has 0 aromatic heterocycles. The standard InChI is InChI=1S/C26H28Cl6N2O5/c1-17(13-36-14-18-6-4-3-5-7-18)12-21(38-23(33)25(27,28)29)22(39-24(34)26(30,31)32)16-37-15-19-8-10-20(35-2)11-9-19/h3-12,21-22,33-34H,13-16H2,1-2H3/b17-12+,33-23?,34-24?/t21-,22+/m1/s1. The maximum absolute atomic E-state index is 8.10. The highest BCUT2D eigenvalue weighted by atomic mass is 35.6. The number of halogens is 6. The van der Waals surface area contributed by atoms with Crippen molar-refractivity contribution in [1.82, 2.24) is 0 Å². The number of hydrogen-bond acceptors (Lipinski definition) is 7. The summed E-state index contributed by atoms with van der Waals surface area (Å²) in [5.41, 5.74) is 2.55. The monoisotopic (exact) mass is 658 g/mol. The highest BCUT2D eigenvalue weighted by Gasteiger charge is 2.37. The van der Waals surface area contributed by atoms with Crippen molar-refractivity contribution in [2.45, 2.75) is 39.9 Å². The van der Waals surface area contributed by atoms with Crippen molar-refractivity contribution in [3.8, 4) is 5.75 Å². The highest BCUT2D eigenvalue weighted by Crippen LogP contribution is 2.31. The molecular formula is C26H28Cl6N2O5. The summed E-state index contributed by atoms with van der Waals surface area (Å²) in [5, 5.41) is 16.2. The Morgan fingerprint density at radius 2 is 1.33 bits per heavy atom. The third-order valence-corrected chi connectivity index (χ3v) is 6.03. The molecule has 39 heavy (non-hydrogen) atoms. The Kier molecular flexibility index (Phi) is 14.0. The van der Waals surface area contributed by atoms with Crippen LogP contribution < -0.4 is 4.74 Å². The summed E-state index contributed by atoms with van der Waals surface area (Å²) in [6.07, 6.45) is -0.552. The SMILES string of the molecule is COc1ccc(COC[C@H](OC(=N)C(Cl)(Cl)Cl)[C@@H](/C=C(\C)COCc2ccccc2)OC(=N)C(Cl)(Cl)Cl)cc1. The number of alkyl halides is 6. The van der Waals surface area contributed by atoms with Gasteiger partial charge in [0.1, 0.15) is 5.75 Å². The lowest BCUT2D eigenvalue weighted by Gasteiger charge is -2.29. The zero-order valence-corrected chi connectivity index (χ0v) is 25.6. The number of hydrogen-bond donors (Lipinski definition) is 2. The summed E-state index contributed by atoms with van der Waals surface area (Å²) < 4.78 is 23.8. The predicted molar refractivity (Wildman–Crippen MR) is 158 cm³/mol. The molecule has 13 heteroatoms. The molecule has 0 saturated carbocycles. The van der Waals surface area contributed by atoms with Crippen LogP contribution in [-0.4, -0.2) is 51.9 Å². The maximum Gasteiger partial charge on any atom is 0.265 e. The van der Waals surface area contributed by atoms with Gasteiger partial charge in [-0.1, -0.05) is 112 Å². The van der Waals surface area contributed by atoms with Crippen LogP contribution >= 0.6 is 69.6 Å².